The van der Waals surface area contributed by atoms with Gasteiger partial charge in [-0.3, -0.25) is 0 Å². The summed E-state index contributed by atoms with van der Waals surface area (Å²) >= 11 is 0. The maximum Gasteiger partial charge on any atom is 0.159 e. The fraction of sp³-hybridized carbons (Fsp3) is 0.200. The standard InChI is InChI=1S/C15H17N3O/c1-4-18-12(3)6-11-15(18)17-16-13-7-9-14(10-8-13)19-5-2/h4,6-11H,1,5H2,2-3H3. The molecule has 2 aromatic rings. The summed E-state index contributed by atoms with van der Waals surface area (Å²) in [5, 5.41) is 8.42. The van der Waals surface area contributed by atoms with Gasteiger partial charge in [0.15, 0.2) is 5.82 Å². The second-order valence-corrected chi connectivity index (χ2v) is 4.01. The van der Waals surface area contributed by atoms with E-state index in [1.807, 2.05) is 54.8 Å². The van der Waals surface area contributed by atoms with Gasteiger partial charge in [-0.05, 0) is 50.2 Å². The van der Waals surface area contributed by atoms with Crippen molar-refractivity contribution in [1.29, 1.82) is 0 Å². The minimum atomic E-state index is 0.660. The molecule has 0 aliphatic carbocycles. The van der Waals surface area contributed by atoms with E-state index in [2.05, 4.69) is 16.8 Å². The first-order valence-corrected chi connectivity index (χ1v) is 6.19. The first kappa shape index (κ1) is 13.1. The van der Waals surface area contributed by atoms with E-state index < -0.39 is 0 Å². The zero-order valence-corrected chi connectivity index (χ0v) is 11.2. The molecule has 1 heterocycles. The molecule has 0 radical (unpaired) electrons. The van der Waals surface area contributed by atoms with Crippen molar-refractivity contribution >= 4 is 17.7 Å². The van der Waals surface area contributed by atoms with Crippen LogP contribution in [0.15, 0.2) is 53.2 Å². The molecule has 0 spiro atoms. The SMILES string of the molecule is C=Cn1c(C)ccc1N=Nc1ccc(OCC)cc1. The zero-order valence-electron chi connectivity index (χ0n) is 11.2. The monoisotopic (exact) mass is 255 g/mol. The van der Waals surface area contributed by atoms with Gasteiger partial charge in [0.05, 0.1) is 12.3 Å². The van der Waals surface area contributed by atoms with E-state index in [4.69, 9.17) is 4.74 Å². The van der Waals surface area contributed by atoms with Crippen LogP contribution in [0.4, 0.5) is 11.5 Å². The lowest BCUT2D eigenvalue weighted by molar-refractivity contribution is 0.340. The topological polar surface area (TPSA) is 38.9 Å². The van der Waals surface area contributed by atoms with Gasteiger partial charge >= 0.3 is 0 Å². The first-order valence-electron chi connectivity index (χ1n) is 6.19. The van der Waals surface area contributed by atoms with Crippen molar-refractivity contribution in [3.63, 3.8) is 0 Å². The molecule has 4 nitrogen and oxygen atoms in total. The van der Waals surface area contributed by atoms with E-state index in [-0.39, 0.29) is 0 Å². The molecule has 0 fully saturated rings. The van der Waals surface area contributed by atoms with Crippen LogP contribution >= 0.6 is 0 Å². The molecular formula is C15H17N3O. The maximum absolute atomic E-state index is 5.37. The van der Waals surface area contributed by atoms with E-state index in [1.165, 1.54) is 0 Å². The quantitative estimate of drug-likeness (QED) is 0.713. The number of aryl methyl sites for hydroxylation is 1. The van der Waals surface area contributed by atoms with Crippen molar-refractivity contribution in [2.45, 2.75) is 13.8 Å². The van der Waals surface area contributed by atoms with E-state index in [0.717, 1.165) is 22.9 Å². The molecule has 2 rings (SSSR count). The van der Waals surface area contributed by atoms with E-state index in [1.54, 1.807) is 6.20 Å². The third kappa shape index (κ3) is 3.10. The van der Waals surface area contributed by atoms with Crippen LogP contribution in [0.1, 0.15) is 12.6 Å². The van der Waals surface area contributed by atoms with Crippen LogP contribution in [0.2, 0.25) is 0 Å². The van der Waals surface area contributed by atoms with E-state index in [0.29, 0.717) is 6.61 Å². The van der Waals surface area contributed by atoms with Crippen LogP contribution in [0, 0.1) is 6.92 Å². The molecule has 0 amide bonds. The van der Waals surface area contributed by atoms with Gasteiger partial charge in [0, 0.05) is 11.9 Å². The highest BCUT2D eigenvalue weighted by atomic mass is 16.5. The Balaban J connectivity index is 2.15. The molecule has 0 bridgehead atoms. The lowest BCUT2D eigenvalue weighted by atomic mass is 10.3. The number of hydrogen-bond donors (Lipinski definition) is 0. The molecule has 0 N–H and O–H groups in total. The van der Waals surface area contributed by atoms with Crippen LogP contribution < -0.4 is 4.74 Å². The average Bonchev–Trinajstić information content (AvgIpc) is 2.79. The van der Waals surface area contributed by atoms with Crippen molar-refractivity contribution in [3.05, 3.63) is 48.7 Å². The fourth-order valence-corrected chi connectivity index (χ4v) is 1.74. The highest BCUT2D eigenvalue weighted by Gasteiger charge is 2.00. The number of azo groups is 1. The number of rotatable bonds is 5. The van der Waals surface area contributed by atoms with E-state index in [9.17, 15) is 0 Å². The average molecular weight is 255 g/mol. The minimum Gasteiger partial charge on any atom is -0.494 e. The maximum atomic E-state index is 5.37. The van der Waals surface area contributed by atoms with Gasteiger partial charge in [0.2, 0.25) is 0 Å². The number of benzene rings is 1. The second kappa shape index (κ2) is 6.00. The molecule has 4 heteroatoms. The van der Waals surface area contributed by atoms with Crippen molar-refractivity contribution in [3.8, 4) is 5.75 Å². The normalized spacial score (nSPS) is 10.8. The van der Waals surface area contributed by atoms with Gasteiger partial charge in [0.25, 0.3) is 0 Å². The highest BCUT2D eigenvalue weighted by Crippen LogP contribution is 2.23. The number of ether oxygens (including phenoxy) is 1. The van der Waals surface area contributed by atoms with Crippen LogP contribution in [-0.2, 0) is 0 Å². The predicted octanol–water partition coefficient (Wildman–Crippen LogP) is 4.71. The molecule has 1 aromatic carbocycles. The van der Waals surface area contributed by atoms with Gasteiger partial charge in [-0.25, -0.2) is 0 Å². The lowest BCUT2D eigenvalue weighted by Crippen LogP contribution is -1.89. The predicted molar refractivity (Wildman–Crippen MR) is 77.3 cm³/mol. The van der Waals surface area contributed by atoms with Crippen molar-refractivity contribution < 1.29 is 4.74 Å². The summed E-state index contributed by atoms with van der Waals surface area (Å²) in [5.74, 6) is 1.60. The van der Waals surface area contributed by atoms with Gasteiger partial charge in [-0.2, -0.15) is 0 Å². The van der Waals surface area contributed by atoms with Crippen molar-refractivity contribution in [2.75, 3.05) is 6.61 Å². The Bertz CT molecular complexity index is 582. The Labute approximate surface area is 113 Å². The van der Waals surface area contributed by atoms with Gasteiger partial charge in [-0.1, -0.05) is 6.58 Å². The van der Waals surface area contributed by atoms with Crippen LogP contribution in [0.5, 0.6) is 5.75 Å². The first-order chi connectivity index (χ1) is 9.24. The Morgan fingerprint density at radius 1 is 1.16 bits per heavy atom. The summed E-state index contributed by atoms with van der Waals surface area (Å²) in [4.78, 5) is 0. The summed E-state index contributed by atoms with van der Waals surface area (Å²) in [6.45, 7) is 8.37. The van der Waals surface area contributed by atoms with E-state index >= 15 is 0 Å². The molecule has 19 heavy (non-hydrogen) atoms. The lowest BCUT2D eigenvalue weighted by Gasteiger charge is -2.02. The van der Waals surface area contributed by atoms with Crippen LogP contribution in [0.3, 0.4) is 0 Å². The molecule has 0 aliphatic rings. The largest absolute Gasteiger partial charge is 0.494 e. The second-order valence-electron chi connectivity index (χ2n) is 4.01. The van der Waals surface area contributed by atoms with Crippen molar-refractivity contribution in [1.82, 2.24) is 4.57 Å². The van der Waals surface area contributed by atoms with Gasteiger partial charge < -0.3 is 9.30 Å². The third-order valence-electron chi connectivity index (χ3n) is 2.70. The Hall–Kier alpha value is -2.36. The molecular weight excluding hydrogens is 238 g/mol. The zero-order chi connectivity index (χ0) is 13.7. The molecule has 0 saturated carbocycles. The summed E-state index contributed by atoms with van der Waals surface area (Å²) in [6, 6.07) is 11.4. The van der Waals surface area contributed by atoms with Crippen molar-refractivity contribution in [2.24, 2.45) is 10.2 Å². The molecule has 98 valence electrons. The summed E-state index contributed by atoms with van der Waals surface area (Å²) in [5.41, 5.74) is 1.87. The molecule has 0 saturated heterocycles. The number of nitrogens with zero attached hydrogens (tertiary/aromatic N) is 3. The summed E-state index contributed by atoms with van der Waals surface area (Å²) < 4.78 is 7.26. The van der Waals surface area contributed by atoms with Gasteiger partial charge in [0.1, 0.15) is 5.75 Å². The number of hydrogen-bond acceptors (Lipinski definition) is 3. The third-order valence-corrected chi connectivity index (χ3v) is 2.70. The Kier molecular flexibility index (Phi) is 4.13. The minimum absolute atomic E-state index is 0.660. The summed E-state index contributed by atoms with van der Waals surface area (Å²) in [7, 11) is 0. The Morgan fingerprint density at radius 3 is 2.53 bits per heavy atom. The molecule has 1 aromatic heterocycles. The fourth-order valence-electron chi connectivity index (χ4n) is 1.74. The van der Waals surface area contributed by atoms with Crippen LogP contribution in [0.25, 0.3) is 6.20 Å². The smallest absolute Gasteiger partial charge is 0.159 e. The molecule has 0 unspecified atom stereocenters. The van der Waals surface area contributed by atoms with Gasteiger partial charge in [-0.15, -0.1) is 10.2 Å². The summed E-state index contributed by atoms with van der Waals surface area (Å²) in [6.07, 6.45) is 1.72. The van der Waals surface area contributed by atoms with Crippen LogP contribution in [-0.4, -0.2) is 11.2 Å². The highest BCUT2D eigenvalue weighted by molar-refractivity contribution is 5.44. The number of aromatic nitrogens is 1. The molecule has 0 atom stereocenters. The Morgan fingerprint density at radius 2 is 1.89 bits per heavy atom. The molecule has 0 aliphatic heterocycles.